The number of halogens is 1. The average molecular weight is 390 g/mol. The summed E-state index contributed by atoms with van der Waals surface area (Å²) in [6.07, 6.45) is 0. The molecule has 0 bridgehead atoms. The van der Waals surface area contributed by atoms with Crippen LogP contribution in [0.15, 0.2) is 28.7 Å². The highest BCUT2D eigenvalue weighted by atomic mass is 79.9. The monoisotopic (exact) mass is 389 g/mol. The quantitative estimate of drug-likeness (QED) is 0.862. The van der Waals surface area contributed by atoms with E-state index >= 15 is 0 Å². The number of nitrogens with one attached hydrogen (secondary N) is 1. The number of hydrogen-bond donors (Lipinski definition) is 1. The van der Waals surface area contributed by atoms with Gasteiger partial charge in [0, 0.05) is 48.1 Å². The fourth-order valence-corrected chi connectivity index (χ4v) is 3.16. The summed E-state index contributed by atoms with van der Waals surface area (Å²) in [6.45, 7) is 11.6. The molecule has 1 fully saturated rings. The number of piperazine rings is 1. The fourth-order valence-electron chi connectivity index (χ4n) is 2.91. The molecular formula is C18H24BrN5. The molecule has 0 spiro atoms. The standard InChI is InChI=1S/C18H24BrN5/c1-4-23-7-9-24(10-8-23)17-12-14(3)20-18(22-17)21-15-5-6-16(19)13(2)11-15/h5-6,11-12H,4,7-10H2,1-3H3,(H,20,21,22). The van der Waals surface area contributed by atoms with Crippen molar-refractivity contribution in [1.82, 2.24) is 14.9 Å². The predicted octanol–water partition coefficient (Wildman–Crippen LogP) is 3.74. The van der Waals surface area contributed by atoms with Gasteiger partial charge in [0.1, 0.15) is 5.82 Å². The van der Waals surface area contributed by atoms with E-state index in [9.17, 15) is 0 Å². The van der Waals surface area contributed by atoms with Crippen LogP contribution in [0.5, 0.6) is 0 Å². The summed E-state index contributed by atoms with van der Waals surface area (Å²) in [5.74, 6) is 1.67. The smallest absolute Gasteiger partial charge is 0.229 e. The summed E-state index contributed by atoms with van der Waals surface area (Å²) in [4.78, 5) is 14.1. The zero-order valence-electron chi connectivity index (χ0n) is 14.5. The summed E-state index contributed by atoms with van der Waals surface area (Å²) in [5, 5.41) is 3.33. The lowest BCUT2D eigenvalue weighted by Gasteiger charge is -2.34. The molecule has 24 heavy (non-hydrogen) atoms. The van der Waals surface area contributed by atoms with Crippen molar-refractivity contribution in [3.8, 4) is 0 Å². The first-order valence-corrected chi connectivity index (χ1v) is 9.20. The third-order valence-corrected chi connectivity index (χ3v) is 5.29. The van der Waals surface area contributed by atoms with Gasteiger partial charge in [-0.05, 0) is 44.2 Å². The van der Waals surface area contributed by atoms with Crippen molar-refractivity contribution in [2.24, 2.45) is 0 Å². The van der Waals surface area contributed by atoms with Crippen LogP contribution in [0, 0.1) is 13.8 Å². The van der Waals surface area contributed by atoms with Crippen molar-refractivity contribution in [1.29, 1.82) is 0 Å². The van der Waals surface area contributed by atoms with Crippen molar-refractivity contribution in [2.45, 2.75) is 20.8 Å². The van der Waals surface area contributed by atoms with Gasteiger partial charge in [-0.15, -0.1) is 0 Å². The van der Waals surface area contributed by atoms with Gasteiger partial charge in [-0.1, -0.05) is 22.9 Å². The van der Waals surface area contributed by atoms with Crippen LogP contribution in [0.2, 0.25) is 0 Å². The van der Waals surface area contributed by atoms with E-state index in [-0.39, 0.29) is 0 Å². The third kappa shape index (κ3) is 4.05. The number of likely N-dealkylation sites (N-methyl/N-ethyl adjacent to an activating group) is 1. The summed E-state index contributed by atoms with van der Waals surface area (Å²) >= 11 is 3.53. The lowest BCUT2D eigenvalue weighted by molar-refractivity contribution is 0.270. The van der Waals surface area contributed by atoms with Crippen LogP contribution in [0.1, 0.15) is 18.2 Å². The molecule has 0 amide bonds. The Morgan fingerprint density at radius 1 is 1.08 bits per heavy atom. The highest BCUT2D eigenvalue weighted by Gasteiger charge is 2.17. The predicted molar refractivity (Wildman–Crippen MR) is 103 cm³/mol. The minimum atomic E-state index is 0.657. The number of aromatic nitrogens is 2. The lowest BCUT2D eigenvalue weighted by atomic mass is 10.2. The van der Waals surface area contributed by atoms with Crippen LogP contribution >= 0.6 is 15.9 Å². The Balaban J connectivity index is 1.77. The maximum Gasteiger partial charge on any atom is 0.229 e. The van der Waals surface area contributed by atoms with Crippen molar-refractivity contribution < 1.29 is 0 Å². The Bertz CT molecular complexity index is 711. The maximum absolute atomic E-state index is 4.73. The van der Waals surface area contributed by atoms with Gasteiger partial charge in [-0.2, -0.15) is 4.98 Å². The molecule has 0 atom stereocenters. The van der Waals surface area contributed by atoms with E-state index in [2.05, 4.69) is 62.0 Å². The Labute approximate surface area is 152 Å². The summed E-state index contributed by atoms with van der Waals surface area (Å²) in [5.41, 5.74) is 3.17. The van der Waals surface area contributed by atoms with E-state index in [0.29, 0.717) is 5.95 Å². The summed E-state index contributed by atoms with van der Waals surface area (Å²) in [7, 11) is 0. The number of benzene rings is 1. The Morgan fingerprint density at radius 2 is 1.83 bits per heavy atom. The average Bonchev–Trinajstić information content (AvgIpc) is 2.58. The van der Waals surface area contributed by atoms with Gasteiger partial charge in [-0.25, -0.2) is 4.98 Å². The van der Waals surface area contributed by atoms with E-state index in [4.69, 9.17) is 4.98 Å². The highest BCUT2D eigenvalue weighted by molar-refractivity contribution is 9.10. The Morgan fingerprint density at radius 3 is 2.50 bits per heavy atom. The minimum Gasteiger partial charge on any atom is -0.354 e. The number of rotatable bonds is 4. The van der Waals surface area contributed by atoms with E-state index in [1.807, 2.05) is 19.1 Å². The second-order valence-corrected chi connectivity index (χ2v) is 7.06. The second kappa shape index (κ2) is 7.49. The molecular weight excluding hydrogens is 366 g/mol. The molecule has 3 rings (SSSR count). The van der Waals surface area contributed by atoms with Crippen LogP contribution < -0.4 is 10.2 Å². The molecule has 0 unspecified atom stereocenters. The molecule has 1 N–H and O–H groups in total. The van der Waals surface area contributed by atoms with Gasteiger partial charge in [0.2, 0.25) is 5.95 Å². The second-order valence-electron chi connectivity index (χ2n) is 6.20. The van der Waals surface area contributed by atoms with Crippen molar-refractivity contribution in [3.63, 3.8) is 0 Å². The van der Waals surface area contributed by atoms with Crippen LogP contribution in [-0.4, -0.2) is 47.6 Å². The van der Waals surface area contributed by atoms with Gasteiger partial charge < -0.3 is 15.1 Å². The van der Waals surface area contributed by atoms with Gasteiger partial charge >= 0.3 is 0 Å². The van der Waals surface area contributed by atoms with Crippen molar-refractivity contribution in [2.75, 3.05) is 42.9 Å². The van der Waals surface area contributed by atoms with Gasteiger partial charge in [-0.3, -0.25) is 0 Å². The largest absolute Gasteiger partial charge is 0.354 e. The molecule has 2 heterocycles. The first kappa shape index (κ1) is 17.2. The molecule has 1 aromatic carbocycles. The van der Waals surface area contributed by atoms with Gasteiger partial charge in [0.25, 0.3) is 0 Å². The number of anilines is 3. The molecule has 6 heteroatoms. The molecule has 5 nitrogen and oxygen atoms in total. The van der Waals surface area contributed by atoms with Crippen molar-refractivity contribution >= 4 is 33.4 Å². The molecule has 1 aliphatic heterocycles. The molecule has 1 aliphatic rings. The number of aryl methyl sites for hydroxylation is 2. The topological polar surface area (TPSA) is 44.3 Å². The molecule has 0 aliphatic carbocycles. The van der Waals surface area contributed by atoms with Gasteiger partial charge in [0.05, 0.1) is 0 Å². The lowest BCUT2D eigenvalue weighted by Crippen LogP contribution is -2.46. The molecule has 1 saturated heterocycles. The Kier molecular flexibility index (Phi) is 5.36. The van der Waals surface area contributed by atoms with Crippen LogP contribution in [-0.2, 0) is 0 Å². The third-order valence-electron chi connectivity index (χ3n) is 4.40. The molecule has 128 valence electrons. The zero-order chi connectivity index (χ0) is 17.1. The molecule has 1 aromatic heterocycles. The first-order chi connectivity index (χ1) is 11.5. The maximum atomic E-state index is 4.73. The summed E-state index contributed by atoms with van der Waals surface area (Å²) < 4.78 is 1.10. The molecule has 0 saturated carbocycles. The van der Waals surface area contributed by atoms with E-state index in [1.165, 1.54) is 5.56 Å². The normalized spacial score (nSPS) is 15.6. The van der Waals surface area contributed by atoms with Gasteiger partial charge in [0.15, 0.2) is 0 Å². The first-order valence-electron chi connectivity index (χ1n) is 8.41. The van der Waals surface area contributed by atoms with E-state index in [1.54, 1.807) is 0 Å². The van der Waals surface area contributed by atoms with Crippen LogP contribution in [0.25, 0.3) is 0 Å². The SMILES string of the molecule is CCN1CCN(c2cc(C)nc(Nc3ccc(Br)c(C)c3)n2)CC1. The van der Waals surface area contributed by atoms with E-state index in [0.717, 1.165) is 54.4 Å². The fraction of sp³-hybridized carbons (Fsp3) is 0.444. The number of nitrogens with zero attached hydrogens (tertiary/aromatic N) is 4. The van der Waals surface area contributed by atoms with Crippen LogP contribution in [0.3, 0.4) is 0 Å². The van der Waals surface area contributed by atoms with E-state index < -0.39 is 0 Å². The molecule has 0 radical (unpaired) electrons. The zero-order valence-corrected chi connectivity index (χ0v) is 16.1. The summed E-state index contributed by atoms with van der Waals surface area (Å²) in [6, 6.07) is 8.23. The number of hydrogen-bond acceptors (Lipinski definition) is 5. The Hall–Kier alpha value is -1.66. The molecule has 2 aromatic rings. The highest BCUT2D eigenvalue weighted by Crippen LogP contribution is 2.23. The minimum absolute atomic E-state index is 0.657. The van der Waals surface area contributed by atoms with Crippen molar-refractivity contribution in [3.05, 3.63) is 40.0 Å². The van der Waals surface area contributed by atoms with Crippen LogP contribution in [0.4, 0.5) is 17.5 Å².